The average molecular weight is 235 g/mol. The van der Waals surface area contributed by atoms with Gasteiger partial charge in [0.2, 0.25) is 0 Å². The third-order valence-electron chi connectivity index (χ3n) is 2.99. The van der Waals surface area contributed by atoms with Gasteiger partial charge in [0.25, 0.3) is 0 Å². The second-order valence-corrected chi connectivity index (χ2v) is 4.34. The van der Waals surface area contributed by atoms with Crippen molar-refractivity contribution < 1.29 is 14.3 Å². The molecule has 1 aromatic carbocycles. The van der Waals surface area contributed by atoms with Crippen molar-refractivity contribution in [2.45, 2.75) is 13.3 Å². The first-order chi connectivity index (χ1) is 8.00. The van der Waals surface area contributed by atoms with Crippen LogP contribution in [-0.4, -0.2) is 15.6 Å². The summed E-state index contributed by atoms with van der Waals surface area (Å²) < 4.78 is 15.6. The smallest absolute Gasteiger partial charge is 0.306 e. The fourth-order valence-electron chi connectivity index (χ4n) is 2.06. The molecular formula is C13H14FNO2. The number of rotatable bonds is 3. The average Bonchev–Trinajstić information content (AvgIpc) is 2.57. The molecule has 4 heteroatoms. The zero-order valence-electron chi connectivity index (χ0n) is 9.77. The van der Waals surface area contributed by atoms with E-state index in [4.69, 9.17) is 5.11 Å². The summed E-state index contributed by atoms with van der Waals surface area (Å²) in [5.41, 5.74) is 1.54. The number of hydrogen-bond acceptors (Lipinski definition) is 1. The number of nitrogens with zero attached hydrogens (tertiary/aromatic N) is 1. The summed E-state index contributed by atoms with van der Waals surface area (Å²) >= 11 is 0. The quantitative estimate of drug-likeness (QED) is 0.888. The Balaban J connectivity index is 2.51. The molecule has 0 saturated carbocycles. The Morgan fingerprint density at radius 3 is 2.88 bits per heavy atom. The molecule has 1 aromatic heterocycles. The standard InChI is InChI=1S/C13H14FNO2/c1-8(13(16)17)6-9-7-15(2)11-5-3-4-10(14)12(9)11/h3-5,7-8H,6H2,1-2H3,(H,16,17). The van der Waals surface area contributed by atoms with Crippen molar-refractivity contribution in [2.24, 2.45) is 13.0 Å². The van der Waals surface area contributed by atoms with Gasteiger partial charge in [0.05, 0.1) is 11.4 Å². The predicted octanol–water partition coefficient (Wildman–Crippen LogP) is 2.58. The molecule has 0 fully saturated rings. The second kappa shape index (κ2) is 4.20. The predicted molar refractivity (Wildman–Crippen MR) is 63.4 cm³/mol. The molecule has 0 aliphatic rings. The largest absolute Gasteiger partial charge is 0.481 e. The van der Waals surface area contributed by atoms with E-state index in [1.54, 1.807) is 19.2 Å². The zero-order chi connectivity index (χ0) is 12.6. The molecule has 0 bridgehead atoms. The van der Waals surface area contributed by atoms with Crippen LogP contribution in [-0.2, 0) is 18.3 Å². The van der Waals surface area contributed by atoms with Crippen molar-refractivity contribution >= 4 is 16.9 Å². The SMILES string of the molecule is CC(Cc1cn(C)c2cccc(F)c12)C(=O)O. The molecule has 0 amide bonds. The molecule has 3 nitrogen and oxygen atoms in total. The van der Waals surface area contributed by atoms with E-state index in [0.29, 0.717) is 11.8 Å². The van der Waals surface area contributed by atoms with E-state index in [0.717, 1.165) is 11.1 Å². The minimum absolute atomic E-state index is 0.296. The summed E-state index contributed by atoms with van der Waals surface area (Å²) in [6.45, 7) is 1.63. The normalized spacial score (nSPS) is 12.9. The Kier molecular flexibility index (Phi) is 2.88. The number of carbonyl (C=O) groups is 1. The summed E-state index contributed by atoms with van der Waals surface area (Å²) in [5.74, 6) is -1.67. The minimum Gasteiger partial charge on any atom is -0.481 e. The van der Waals surface area contributed by atoms with Crippen molar-refractivity contribution in [2.75, 3.05) is 0 Å². The summed E-state index contributed by atoms with van der Waals surface area (Å²) in [6.07, 6.45) is 2.14. The Morgan fingerprint density at radius 2 is 2.24 bits per heavy atom. The summed E-state index contributed by atoms with van der Waals surface area (Å²) in [6, 6.07) is 4.88. The van der Waals surface area contributed by atoms with E-state index in [-0.39, 0.29) is 5.82 Å². The van der Waals surface area contributed by atoms with Crippen LogP contribution in [0, 0.1) is 11.7 Å². The minimum atomic E-state index is -0.863. The van der Waals surface area contributed by atoms with E-state index in [1.165, 1.54) is 6.07 Å². The first-order valence-corrected chi connectivity index (χ1v) is 5.46. The van der Waals surface area contributed by atoms with Crippen LogP contribution in [0.1, 0.15) is 12.5 Å². The number of benzene rings is 1. The van der Waals surface area contributed by atoms with Gasteiger partial charge in [-0.05, 0) is 24.1 Å². The molecule has 1 heterocycles. The molecule has 0 spiro atoms. The highest BCUT2D eigenvalue weighted by Crippen LogP contribution is 2.25. The number of halogens is 1. The van der Waals surface area contributed by atoms with Gasteiger partial charge >= 0.3 is 5.97 Å². The number of carboxylic acid groups (broad SMARTS) is 1. The summed E-state index contributed by atoms with van der Waals surface area (Å²) in [4.78, 5) is 10.8. The number of carboxylic acids is 1. The Morgan fingerprint density at radius 1 is 1.53 bits per heavy atom. The van der Waals surface area contributed by atoms with E-state index in [2.05, 4.69) is 0 Å². The molecule has 1 N–H and O–H groups in total. The van der Waals surface area contributed by atoms with Gasteiger partial charge < -0.3 is 9.67 Å². The Hall–Kier alpha value is -1.84. The third kappa shape index (κ3) is 2.02. The second-order valence-electron chi connectivity index (χ2n) is 4.34. The molecule has 0 aliphatic heterocycles. The van der Waals surface area contributed by atoms with Gasteiger partial charge in [-0.2, -0.15) is 0 Å². The van der Waals surface area contributed by atoms with E-state index < -0.39 is 11.9 Å². The zero-order valence-corrected chi connectivity index (χ0v) is 9.77. The first kappa shape index (κ1) is 11.6. The highest BCUT2D eigenvalue weighted by Gasteiger charge is 2.17. The van der Waals surface area contributed by atoms with Crippen molar-refractivity contribution in [3.8, 4) is 0 Å². The van der Waals surface area contributed by atoms with Crippen LogP contribution in [0.3, 0.4) is 0 Å². The molecule has 2 rings (SSSR count). The topological polar surface area (TPSA) is 42.2 Å². The van der Waals surface area contributed by atoms with Crippen LogP contribution in [0.2, 0.25) is 0 Å². The highest BCUT2D eigenvalue weighted by molar-refractivity contribution is 5.85. The maximum atomic E-state index is 13.8. The van der Waals surface area contributed by atoms with Gasteiger partial charge in [-0.3, -0.25) is 4.79 Å². The van der Waals surface area contributed by atoms with Crippen LogP contribution in [0.25, 0.3) is 10.9 Å². The Labute approximate surface area is 98.5 Å². The fourth-order valence-corrected chi connectivity index (χ4v) is 2.06. The Bertz CT molecular complexity index is 574. The lowest BCUT2D eigenvalue weighted by molar-refractivity contribution is -0.141. The first-order valence-electron chi connectivity index (χ1n) is 5.46. The van der Waals surface area contributed by atoms with Crippen molar-refractivity contribution in [1.82, 2.24) is 4.57 Å². The molecule has 90 valence electrons. The van der Waals surface area contributed by atoms with Crippen LogP contribution in [0.15, 0.2) is 24.4 Å². The van der Waals surface area contributed by atoms with Crippen LogP contribution in [0.5, 0.6) is 0 Å². The van der Waals surface area contributed by atoms with E-state index in [1.807, 2.05) is 17.7 Å². The monoisotopic (exact) mass is 235 g/mol. The molecular weight excluding hydrogens is 221 g/mol. The summed E-state index contributed by atoms with van der Waals surface area (Å²) in [5, 5.41) is 9.42. The lowest BCUT2D eigenvalue weighted by Crippen LogP contribution is -2.12. The van der Waals surface area contributed by atoms with Gasteiger partial charge in [0, 0.05) is 18.6 Å². The van der Waals surface area contributed by atoms with Crippen molar-refractivity contribution in [1.29, 1.82) is 0 Å². The lowest BCUT2D eigenvalue weighted by Gasteiger charge is -2.04. The van der Waals surface area contributed by atoms with E-state index >= 15 is 0 Å². The molecule has 0 radical (unpaired) electrons. The number of aromatic nitrogens is 1. The molecule has 2 aromatic rings. The third-order valence-corrected chi connectivity index (χ3v) is 2.99. The molecule has 1 atom stereocenters. The maximum Gasteiger partial charge on any atom is 0.306 e. The number of aliphatic carboxylic acids is 1. The van der Waals surface area contributed by atoms with Gasteiger partial charge in [-0.15, -0.1) is 0 Å². The van der Waals surface area contributed by atoms with E-state index in [9.17, 15) is 9.18 Å². The fraction of sp³-hybridized carbons (Fsp3) is 0.308. The lowest BCUT2D eigenvalue weighted by atomic mass is 10.0. The molecule has 1 unspecified atom stereocenters. The molecule has 0 saturated heterocycles. The van der Waals surface area contributed by atoms with Gasteiger partial charge in [-0.25, -0.2) is 4.39 Å². The highest BCUT2D eigenvalue weighted by atomic mass is 19.1. The number of fused-ring (bicyclic) bond motifs is 1. The van der Waals surface area contributed by atoms with Crippen LogP contribution < -0.4 is 0 Å². The van der Waals surface area contributed by atoms with Gasteiger partial charge in [0.15, 0.2) is 0 Å². The molecule has 0 aliphatic carbocycles. The summed E-state index contributed by atoms with van der Waals surface area (Å²) in [7, 11) is 1.83. The van der Waals surface area contributed by atoms with Gasteiger partial charge in [-0.1, -0.05) is 13.0 Å². The number of hydrogen-bond donors (Lipinski definition) is 1. The maximum absolute atomic E-state index is 13.8. The van der Waals surface area contributed by atoms with Crippen LogP contribution >= 0.6 is 0 Å². The number of aryl methyl sites for hydroxylation is 1. The van der Waals surface area contributed by atoms with Gasteiger partial charge in [0.1, 0.15) is 5.82 Å². The van der Waals surface area contributed by atoms with Crippen LogP contribution in [0.4, 0.5) is 4.39 Å². The van der Waals surface area contributed by atoms with Crippen molar-refractivity contribution in [3.63, 3.8) is 0 Å². The molecule has 17 heavy (non-hydrogen) atoms. The van der Waals surface area contributed by atoms with Crippen molar-refractivity contribution in [3.05, 3.63) is 35.8 Å².